The van der Waals surface area contributed by atoms with Gasteiger partial charge in [0.2, 0.25) is 0 Å². The third kappa shape index (κ3) is 4.06. The number of hydrogen-bond acceptors (Lipinski definition) is 6. The van der Waals surface area contributed by atoms with Gasteiger partial charge in [0.15, 0.2) is 0 Å². The summed E-state index contributed by atoms with van der Waals surface area (Å²) in [7, 11) is 3.29. The number of aryl methyl sites for hydroxylation is 2. The molecule has 1 aliphatic carbocycles. The van der Waals surface area contributed by atoms with Crippen molar-refractivity contribution in [3.8, 4) is 23.0 Å². The molecule has 2 atom stereocenters. The molecule has 190 valence electrons. The predicted octanol–water partition coefficient (Wildman–Crippen LogP) is 5.92. The Labute approximate surface area is 213 Å². The summed E-state index contributed by atoms with van der Waals surface area (Å²) in [4.78, 5) is 11.7. The summed E-state index contributed by atoms with van der Waals surface area (Å²) in [5, 5.41) is 5.35. The fourth-order valence-electron chi connectivity index (χ4n) is 5.38. The Hall–Kier alpha value is -4.07. The van der Waals surface area contributed by atoms with Gasteiger partial charge >= 0.3 is 5.97 Å². The van der Waals surface area contributed by atoms with Crippen molar-refractivity contribution in [2.75, 3.05) is 13.7 Å². The molecule has 1 aliphatic heterocycles. The first-order valence-corrected chi connectivity index (χ1v) is 12.3. The first-order valence-electron chi connectivity index (χ1n) is 12.3. The van der Waals surface area contributed by atoms with Crippen LogP contribution in [0.4, 0.5) is 4.39 Å². The maximum atomic E-state index is 15.1. The molecule has 0 bridgehead atoms. The molecule has 7 nitrogen and oxygen atoms in total. The van der Waals surface area contributed by atoms with Crippen LogP contribution in [0.5, 0.6) is 23.0 Å². The molecule has 0 saturated carbocycles. The number of fused-ring (bicyclic) bond motifs is 3. The Kier molecular flexibility index (Phi) is 5.74. The highest BCUT2D eigenvalue weighted by atomic mass is 19.1. The fraction of sp³-hybridized carbons (Fsp3) is 0.310. The van der Waals surface area contributed by atoms with Crippen molar-refractivity contribution < 1.29 is 28.1 Å². The Bertz CT molecular complexity index is 1530. The summed E-state index contributed by atoms with van der Waals surface area (Å²) in [6.07, 6.45) is 2.93. The van der Waals surface area contributed by atoms with Crippen LogP contribution in [-0.4, -0.2) is 29.5 Å². The topological polar surface area (TPSA) is 71.8 Å². The molecule has 3 aromatic carbocycles. The van der Waals surface area contributed by atoms with E-state index < -0.39 is 6.10 Å². The smallest absolute Gasteiger partial charge is 0.306 e. The molecule has 2 aliphatic rings. The van der Waals surface area contributed by atoms with Gasteiger partial charge < -0.3 is 18.9 Å². The zero-order valence-electron chi connectivity index (χ0n) is 20.9. The van der Waals surface area contributed by atoms with Crippen LogP contribution in [0.25, 0.3) is 10.9 Å². The van der Waals surface area contributed by atoms with E-state index in [1.54, 1.807) is 6.07 Å². The second kappa shape index (κ2) is 9.10. The number of aromatic nitrogens is 2. The van der Waals surface area contributed by atoms with Gasteiger partial charge in [-0.3, -0.25) is 9.48 Å². The fourth-order valence-corrected chi connectivity index (χ4v) is 5.38. The van der Waals surface area contributed by atoms with Gasteiger partial charge in [-0.1, -0.05) is 6.07 Å². The average Bonchev–Trinajstić information content (AvgIpc) is 3.60. The number of ether oxygens (including phenoxy) is 4. The summed E-state index contributed by atoms with van der Waals surface area (Å²) in [5.74, 6) is 2.01. The van der Waals surface area contributed by atoms with E-state index >= 15 is 4.39 Å². The standard InChI is InChI=1S/C29H27FN2O5/c1-16-21-14-31-32(2)23(21)8-11-24(16)37-25-10-7-22(30)29-20(25)6-9-26(29)36-18-4-5-19-17(12-28(33)34-3)15-35-27(19)13-18/h4-5,7-8,10-11,13-14,17,26H,6,9,12,15H2,1-3H3/t17-,26-/m1/s1. The molecule has 37 heavy (non-hydrogen) atoms. The number of rotatable bonds is 6. The van der Waals surface area contributed by atoms with Gasteiger partial charge in [0.1, 0.15) is 34.9 Å². The molecular weight excluding hydrogens is 475 g/mol. The number of methoxy groups -OCH3 is 1. The van der Waals surface area contributed by atoms with Crippen LogP contribution in [0, 0.1) is 12.7 Å². The molecule has 1 aromatic heterocycles. The highest BCUT2D eigenvalue weighted by Crippen LogP contribution is 2.45. The first-order chi connectivity index (χ1) is 17.9. The minimum Gasteiger partial charge on any atom is -0.492 e. The first kappa shape index (κ1) is 23.3. The van der Waals surface area contributed by atoms with E-state index in [4.69, 9.17) is 18.9 Å². The quantitative estimate of drug-likeness (QED) is 0.305. The number of carbonyl (C=O) groups is 1. The summed E-state index contributed by atoms with van der Waals surface area (Å²) in [6, 6.07) is 12.6. The van der Waals surface area contributed by atoms with Crippen LogP contribution < -0.4 is 14.2 Å². The highest BCUT2D eigenvalue weighted by molar-refractivity contribution is 5.84. The van der Waals surface area contributed by atoms with Gasteiger partial charge in [-0.05, 0) is 50.1 Å². The van der Waals surface area contributed by atoms with Gasteiger partial charge in [-0.2, -0.15) is 5.10 Å². The number of carbonyl (C=O) groups excluding carboxylic acids is 1. The molecule has 0 N–H and O–H groups in total. The number of esters is 1. The number of halogens is 1. The lowest BCUT2D eigenvalue weighted by Gasteiger charge is -2.18. The van der Waals surface area contributed by atoms with E-state index in [0.717, 1.165) is 33.3 Å². The lowest BCUT2D eigenvalue weighted by atomic mass is 9.98. The zero-order valence-corrected chi connectivity index (χ0v) is 20.9. The van der Waals surface area contributed by atoms with Crippen molar-refractivity contribution in [1.29, 1.82) is 0 Å². The second-order valence-corrected chi connectivity index (χ2v) is 9.56. The summed E-state index contributed by atoms with van der Waals surface area (Å²) < 4.78 is 40.0. The van der Waals surface area contributed by atoms with Crippen LogP contribution in [0.1, 0.15) is 47.1 Å². The summed E-state index contributed by atoms with van der Waals surface area (Å²) in [6.45, 7) is 2.42. The largest absolute Gasteiger partial charge is 0.492 e. The maximum Gasteiger partial charge on any atom is 0.306 e. The molecular formula is C29H27FN2O5. The second-order valence-electron chi connectivity index (χ2n) is 9.56. The average molecular weight is 503 g/mol. The number of nitrogens with zero attached hydrogens (tertiary/aromatic N) is 2. The van der Waals surface area contributed by atoms with Gasteiger partial charge in [0.25, 0.3) is 0 Å². The molecule has 2 heterocycles. The third-order valence-corrected chi connectivity index (χ3v) is 7.39. The molecule has 8 heteroatoms. The van der Waals surface area contributed by atoms with Gasteiger partial charge in [-0.15, -0.1) is 0 Å². The lowest BCUT2D eigenvalue weighted by Crippen LogP contribution is -2.09. The zero-order chi connectivity index (χ0) is 25.7. The van der Waals surface area contributed by atoms with Crippen LogP contribution in [0.3, 0.4) is 0 Å². The normalized spacial score (nSPS) is 17.8. The van der Waals surface area contributed by atoms with Crippen molar-refractivity contribution in [2.45, 2.75) is 38.2 Å². The van der Waals surface area contributed by atoms with E-state index in [2.05, 4.69) is 5.10 Å². The lowest BCUT2D eigenvalue weighted by molar-refractivity contribution is -0.141. The van der Waals surface area contributed by atoms with E-state index in [1.807, 2.05) is 55.2 Å². The summed E-state index contributed by atoms with van der Waals surface area (Å²) in [5.41, 5.74) is 4.32. The molecule has 0 saturated heterocycles. The third-order valence-electron chi connectivity index (χ3n) is 7.39. The Morgan fingerprint density at radius 1 is 1.19 bits per heavy atom. The van der Waals surface area contributed by atoms with E-state index in [-0.39, 0.29) is 24.1 Å². The maximum absolute atomic E-state index is 15.1. The molecule has 0 fully saturated rings. The molecule has 0 spiro atoms. The van der Waals surface area contributed by atoms with Crippen molar-refractivity contribution in [3.63, 3.8) is 0 Å². The van der Waals surface area contributed by atoms with Crippen LogP contribution in [0.2, 0.25) is 0 Å². The van der Waals surface area contributed by atoms with Crippen molar-refractivity contribution >= 4 is 16.9 Å². The molecule has 0 radical (unpaired) electrons. The Morgan fingerprint density at radius 2 is 2.03 bits per heavy atom. The van der Waals surface area contributed by atoms with Gasteiger partial charge in [0, 0.05) is 46.7 Å². The van der Waals surface area contributed by atoms with Crippen LogP contribution >= 0.6 is 0 Å². The van der Waals surface area contributed by atoms with Crippen molar-refractivity contribution in [2.24, 2.45) is 7.05 Å². The van der Waals surface area contributed by atoms with E-state index in [9.17, 15) is 4.79 Å². The van der Waals surface area contributed by atoms with Gasteiger partial charge in [-0.25, -0.2) is 4.39 Å². The molecule has 0 unspecified atom stereocenters. The van der Waals surface area contributed by atoms with Crippen molar-refractivity contribution in [1.82, 2.24) is 9.78 Å². The van der Waals surface area contributed by atoms with Crippen molar-refractivity contribution in [3.05, 3.63) is 76.7 Å². The van der Waals surface area contributed by atoms with E-state index in [1.165, 1.54) is 13.2 Å². The van der Waals surface area contributed by atoms with E-state index in [0.29, 0.717) is 42.3 Å². The minimum absolute atomic E-state index is 0.0461. The number of benzene rings is 3. The Morgan fingerprint density at radius 3 is 2.86 bits per heavy atom. The van der Waals surface area contributed by atoms with Gasteiger partial charge in [0.05, 0.1) is 31.9 Å². The summed E-state index contributed by atoms with van der Waals surface area (Å²) >= 11 is 0. The SMILES string of the molecule is COC(=O)C[C@@H]1COc2cc(O[C@@H]3CCc4c(Oc5ccc6c(cnn6C)c5C)ccc(F)c43)ccc21. The Balaban J connectivity index is 1.24. The molecule has 0 amide bonds. The van der Waals surface area contributed by atoms with Crippen LogP contribution in [0.15, 0.2) is 48.7 Å². The minimum atomic E-state index is -0.439. The molecule has 4 aromatic rings. The monoisotopic (exact) mass is 502 g/mol. The molecule has 6 rings (SSSR count). The highest BCUT2D eigenvalue weighted by Gasteiger charge is 2.32. The van der Waals surface area contributed by atoms with Crippen LogP contribution in [-0.2, 0) is 23.0 Å². The predicted molar refractivity (Wildman–Crippen MR) is 135 cm³/mol. The number of hydrogen-bond donors (Lipinski definition) is 0.